The van der Waals surface area contributed by atoms with Crippen molar-refractivity contribution in [1.29, 1.82) is 0 Å². The minimum atomic E-state index is -0.442. The highest BCUT2D eigenvalue weighted by Gasteiger charge is 2.21. The van der Waals surface area contributed by atoms with Crippen molar-refractivity contribution >= 4 is 23.4 Å². The summed E-state index contributed by atoms with van der Waals surface area (Å²) in [4.78, 5) is 24.8. The molecule has 1 atom stereocenters. The zero-order valence-electron chi connectivity index (χ0n) is 16.3. The third-order valence-corrected chi connectivity index (χ3v) is 5.59. The number of rotatable bonds is 8. The maximum atomic E-state index is 12.7. The lowest BCUT2D eigenvalue weighted by molar-refractivity contribution is -0.384. The molecule has 3 aromatic rings. The third-order valence-electron chi connectivity index (χ3n) is 4.64. The molecule has 29 heavy (non-hydrogen) atoms. The van der Waals surface area contributed by atoms with Crippen molar-refractivity contribution in [2.24, 2.45) is 0 Å². The highest BCUT2D eigenvalue weighted by atomic mass is 32.2. The summed E-state index contributed by atoms with van der Waals surface area (Å²) in [6.45, 7) is 4.45. The molecule has 2 heterocycles. The Hall–Kier alpha value is -3.14. The van der Waals surface area contributed by atoms with Gasteiger partial charge in [-0.15, -0.1) is 10.2 Å². The van der Waals surface area contributed by atoms with E-state index in [0.717, 1.165) is 0 Å². The van der Waals surface area contributed by atoms with E-state index in [1.54, 1.807) is 36.4 Å². The first kappa shape index (κ1) is 20.6. The van der Waals surface area contributed by atoms with Gasteiger partial charge in [-0.3, -0.25) is 19.5 Å². The summed E-state index contributed by atoms with van der Waals surface area (Å²) in [5.74, 6) is 1.30. The average Bonchev–Trinajstić information content (AvgIpc) is 3.40. The maximum absolute atomic E-state index is 12.7. The molecule has 3 rings (SSSR count). The first-order valence-electron chi connectivity index (χ1n) is 9.02. The van der Waals surface area contributed by atoms with Gasteiger partial charge < -0.3 is 9.32 Å². The first-order valence-corrected chi connectivity index (χ1v) is 10.0. The predicted molar refractivity (Wildman–Crippen MR) is 108 cm³/mol. The van der Waals surface area contributed by atoms with Crippen LogP contribution in [0.25, 0.3) is 11.6 Å². The number of hydrogen-bond donors (Lipinski definition) is 0. The molecule has 0 N–H and O–H groups in total. The molecule has 2 aromatic heterocycles. The van der Waals surface area contributed by atoms with E-state index < -0.39 is 4.92 Å². The van der Waals surface area contributed by atoms with Crippen LogP contribution in [0.1, 0.15) is 25.5 Å². The molecule has 1 aromatic carbocycles. The van der Waals surface area contributed by atoms with Gasteiger partial charge in [-0.1, -0.05) is 23.9 Å². The van der Waals surface area contributed by atoms with E-state index in [0.29, 0.717) is 28.8 Å². The van der Waals surface area contributed by atoms with E-state index in [1.807, 2.05) is 24.5 Å². The predicted octanol–water partition coefficient (Wildman–Crippen LogP) is 3.78. The van der Waals surface area contributed by atoms with Crippen LogP contribution in [-0.4, -0.2) is 43.3 Å². The average molecular weight is 415 g/mol. The Morgan fingerprint density at radius 2 is 2.14 bits per heavy atom. The molecule has 0 fully saturated rings. The minimum absolute atomic E-state index is 0.00563. The van der Waals surface area contributed by atoms with Crippen LogP contribution in [-0.2, 0) is 11.3 Å². The summed E-state index contributed by atoms with van der Waals surface area (Å²) in [5.41, 5.74) is 0.711. The van der Waals surface area contributed by atoms with Crippen LogP contribution < -0.4 is 0 Å². The van der Waals surface area contributed by atoms with Crippen molar-refractivity contribution < 1.29 is 14.1 Å². The molecule has 10 heteroatoms. The standard InChI is InChI=1S/C19H21N5O4S/c1-4-23-18(16-9-6-10-28-16)20-21-19(23)29-12-17(25)22(3)13(2)14-7-5-8-15(11-14)24(26)27/h5-11,13H,4,12H2,1-3H3/t13-/m1/s1. The van der Waals surface area contributed by atoms with Crippen molar-refractivity contribution in [3.8, 4) is 11.6 Å². The number of carbonyl (C=O) groups is 1. The summed E-state index contributed by atoms with van der Waals surface area (Å²) in [5, 5.41) is 20.0. The van der Waals surface area contributed by atoms with Crippen molar-refractivity contribution in [3.05, 3.63) is 58.3 Å². The molecule has 0 aliphatic rings. The van der Waals surface area contributed by atoms with Crippen LogP contribution in [0.2, 0.25) is 0 Å². The Morgan fingerprint density at radius 1 is 1.34 bits per heavy atom. The highest BCUT2D eigenvalue weighted by Crippen LogP contribution is 2.26. The van der Waals surface area contributed by atoms with Gasteiger partial charge in [-0.05, 0) is 31.5 Å². The lowest BCUT2D eigenvalue weighted by Crippen LogP contribution is -2.31. The molecule has 1 amide bonds. The van der Waals surface area contributed by atoms with Gasteiger partial charge in [0.1, 0.15) is 0 Å². The van der Waals surface area contributed by atoms with Crippen LogP contribution in [0.15, 0.2) is 52.2 Å². The van der Waals surface area contributed by atoms with E-state index in [1.165, 1.54) is 23.9 Å². The molecular formula is C19H21N5O4S. The van der Waals surface area contributed by atoms with Crippen LogP contribution in [0.5, 0.6) is 0 Å². The van der Waals surface area contributed by atoms with Crippen LogP contribution in [0, 0.1) is 10.1 Å². The molecule has 9 nitrogen and oxygen atoms in total. The molecule has 0 radical (unpaired) electrons. The normalized spacial score (nSPS) is 12.0. The molecule has 0 unspecified atom stereocenters. The van der Waals surface area contributed by atoms with E-state index in [9.17, 15) is 14.9 Å². The highest BCUT2D eigenvalue weighted by molar-refractivity contribution is 7.99. The molecule has 0 saturated carbocycles. The number of benzene rings is 1. The number of amides is 1. The van der Waals surface area contributed by atoms with E-state index >= 15 is 0 Å². The number of furan rings is 1. The summed E-state index contributed by atoms with van der Waals surface area (Å²) >= 11 is 1.30. The topological polar surface area (TPSA) is 107 Å². The maximum Gasteiger partial charge on any atom is 0.269 e. The van der Waals surface area contributed by atoms with E-state index in [2.05, 4.69) is 10.2 Å². The monoisotopic (exact) mass is 415 g/mol. The Labute approximate surface area is 171 Å². The molecule has 0 bridgehead atoms. The summed E-state index contributed by atoms with van der Waals surface area (Å²) in [7, 11) is 1.69. The lowest BCUT2D eigenvalue weighted by atomic mass is 10.1. The molecule has 0 saturated heterocycles. The van der Waals surface area contributed by atoms with Crippen molar-refractivity contribution in [1.82, 2.24) is 19.7 Å². The second-order valence-corrected chi connectivity index (χ2v) is 7.29. The lowest BCUT2D eigenvalue weighted by Gasteiger charge is -2.25. The van der Waals surface area contributed by atoms with Crippen molar-refractivity contribution in [2.75, 3.05) is 12.8 Å². The summed E-state index contributed by atoms with van der Waals surface area (Å²) in [6.07, 6.45) is 1.57. The largest absolute Gasteiger partial charge is 0.461 e. The quantitative estimate of drug-likeness (QED) is 0.313. The fraction of sp³-hybridized carbons (Fsp3) is 0.316. The molecule has 152 valence electrons. The van der Waals surface area contributed by atoms with Gasteiger partial charge in [0.05, 0.1) is 23.0 Å². The molecule has 0 spiro atoms. The number of nitrogens with zero attached hydrogens (tertiary/aromatic N) is 5. The number of carbonyl (C=O) groups excluding carboxylic acids is 1. The fourth-order valence-electron chi connectivity index (χ4n) is 2.83. The van der Waals surface area contributed by atoms with Crippen LogP contribution >= 0.6 is 11.8 Å². The second kappa shape index (κ2) is 8.91. The van der Waals surface area contributed by atoms with Gasteiger partial charge in [0, 0.05) is 25.7 Å². The number of thioether (sulfide) groups is 1. The van der Waals surface area contributed by atoms with Gasteiger partial charge in [0.15, 0.2) is 16.7 Å². The van der Waals surface area contributed by atoms with Gasteiger partial charge in [-0.2, -0.15) is 0 Å². The number of non-ortho nitro benzene ring substituents is 1. The van der Waals surface area contributed by atoms with Gasteiger partial charge in [0.2, 0.25) is 5.91 Å². The van der Waals surface area contributed by atoms with Crippen molar-refractivity contribution in [3.63, 3.8) is 0 Å². The van der Waals surface area contributed by atoms with Gasteiger partial charge >= 0.3 is 0 Å². The van der Waals surface area contributed by atoms with E-state index in [-0.39, 0.29) is 23.4 Å². The Morgan fingerprint density at radius 3 is 2.79 bits per heavy atom. The number of nitro benzene ring substituents is 1. The van der Waals surface area contributed by atoms with Crippen LogP contribution in [0.4, 0.5) is 5.69 Å². The SMILES string of the molecule is CCn1c(SCC(=O)N(C)[C@H](C)c2cccc([N+](=O)[O-])c2)nnc1-c1ccco1. The number of hydrogen-bond acceptors (Lipinski definition) is 7. The zero-order valence-corrected chi connectivity index (χ0v) is 17.1. The Bertz CT molecular complexity index is 1000. The first-order chi connectivity index (χ1) is 13.9. The number of nitro groups is 1. The van der Waals surface area contributed by atoms with Crippen molar-refractivity contribution in [2.45, 2.75) is 31.6 Å². The van der Waals surface area contributed by atoms with Gasteiger partial charge in [-0.25, -0.2) is 0 Å². The zero-order chi connectivity index (χ0) is 21.0. The van der Waals surface area contributed by atoms with E-state index in [4.69, 9.17) is 4.42 Å². The van der Waals surface area contributed by atoms with Crippen LogP contribution in [0.3, 0.4) is 0 Å². The fourth-order valence-corrected chi connectivity index (χ4v) is 3.76. The Kier molecular flexibility index (Phi) is 6.32. The smallest absolute Gasteiger partial charge is 0.269 e. The second-order valence-electron chi connectivity index (χ2n) is 6.35. The summed E-state index contributed by atoms with van der Waals surface area (Å²) in [6, 6.07) is 9.61. The summed E-state index contributed by atoms with van der Waals surface area (Å²) < 4.78 is 7.28. The molecule has 0 aliphatic heterocycles. The third kappa shape index (κ3) is 4.48. The molecular weight excluding hydrogens is 394 g/mol. The molecule has 0 aliphatic carbocycles. The number of aromatic nitrogens is 3. The minimum Gasteiger partial charge on any atom is -0.461 e. The van der Waals surface area contributed by atoms with Gasteiger partial charge in [0.25, 0.3) is 5.69 Å². The Balaban J connectivity index is 1.68.